The Morgan fingerprint density at radius 2 is 1.79 bits per heavy atom. The molecule has 24 heavy (non-hydrogen) atoms. The van der Waals surface area contributed by atoms with Crippen molar-refractivity contribution in [1.29, 1.82) is 0 Å². The van der Waals surface area contributed by atoms with Crippen molar-refractivity contribution >= 4 is 5.96 Å². The summed E-state index contributed by atoms with van der Waals surface area (Å²) in [6.07, 6.45) is -4.32. The molecule has 0 saturated heterocycles. The van der Waals surface area contributed by atoms with Crippen molar-refractivity contribution in [3.63, 3.8) is 0 Å². The van der Waals surface area contributed by atoms with Crippen molar-refractivity contribution in [2.75, 3.05) is 27.8 Å². The van der Waals surface area contributed by atoms with Gasteiger partial charge in [0.15, 0.2) is 17.5 Å². The number of hydrogen-bond donors (Lipinski definition) is 2. The van der Waals surface area contributed by atoms with Gasteiger partial charge in [0.05, 0.1) is 14.2 Å². The van der Waals surface area contributed by atoms with Gasteiger partial charge >= 0.3 is 6.18 Å². The second-order valence-electron chi connectivity index (χ2n) is 5.11. The van der Waals surface area contributed by atoms with Crippen molar-refractivity contribution in [2.24, 2.45) is 4.99 Å². The second-order valence-corrected chi connectivity index (χ2v) is 5.11. The van der Waals surface area contributed by atoms with E-state index in [2.05, 4.69) is 15.6 Å². The van der Waals surface area contributed by atoms with Crippen molar-refractivity contribution in [1.82, 2.24) is 10.6 Å². The fraction of sp³-hybridized carbons (Fsp3) is 0.562. The quantitative estimate of drug-likeness (QED) is 0.431. The monoisotopic (exact) mass is 347 g/mol. The van der Waals surface area contributed by atoms with Gasteiger partial charge in [-0.2, -0.15) is 13.2 Å². The lowest BCUT2D eigenvalue weighted by Crippen LogP contribution is -2.37. The number of ether oxygens (including phenoxy) is 2. The van der Waals surface area contributed by atoms with Crippen LogP contribution >= 0.6 is 0 Å². The first-order valence-electron chi connectivity index (χ1n) is 7.61. The number of aliphatic imine (C=N–C) groups is 1. The minimum Gasteiger partial charge on any atom is -0.493 e. The zero-order valence-corrected chi connectivity index (χ0v) is 14.2. The largest absolute Gasteiger partial charge is 0.493 e. The molecule has 2 N–H and O–H groups in total. The van der Waals surface area contributed by atoms with Crippen LogP contribution in [0, 0.1) is 0 Å². The van der Waals surface area contributed by atoms with Gasteiger partial charge in [0, 0.05) is 26.6 Å². The summed E-state index contributed by atoms with van der Waals surface area (Å²) in [5.41, 5.74) is 0.965. The van der Waals surface area contributed by atoms with Crippen LogP contribution in [0.5, 0.6) is 11.5 Å². The lowest BCUT2D eigenvalue weighted by atomic mass is 10.2. The standard InChI is InChI=1S/C16H24F3N3O2/c1-20-15(21-9-5-4-8-16(17,18)19)22-11-12-6-7-13(23-2)14(10-12)24-3/h6-7,10H,4-5,8-9,11H2,1-3H3,(H2,20,21,22). The van der Waals surface area contributed by atoms with Crippen molar-refractivity contribution < 1.29 is 22.6 Å². The number of guanidine groups is 1. The molecule has 0 saturated carbocycles. The topological polar surface area (TPSA) is 54.9 Å². The van der Waals surface area contributed by atoms with Crippen LogP contribution in [0.4, 0.5) is 13.2 Å². The third-order valence-corrected chi connectivity index (χ3v) is 3.31. The predicted molar refractivity (Wildman–Crippen MR) is 87.7 cm³/mol. The summed E-state index contributed by atoms with van der Waals surface area (Å²) in [7, 11) is 4.75. The van der Waals surface area contributed by atoms with Crippen molar-refractivity contribution in [3.05, 3.63) is 23.8 Å². The van der Waals surface area contributed by atoms with Crippen LogP contribution in [0.3, 0.4) is 0 Å². The first-order chi connectivity index (χ1) is 11.4. The van der Waals surface area contributed by atoms with Gasteiger partial charge in [0.1, 0.15) is 0 Å². The summed E-state index contributed by atoms with van der Waals surface area (Å²) < 4.78 is 46.6. The van der Waals surface area contributed by atoms with Crippen LogP contribution in [0.15, 0.2) is 23.2 Å². The fourth-order valence-electron chi connectivity index (χ4n) is 2.05. The molecule has 0 fully saturated rings. The number of benzene rings is 1. The molecule has 0 amide bonds. The molecular formula is C16H24F3N3O2. The molecule has 0 radical (unpaired) electrons. The molecule has 1 aromatic carbocycles. The Morgan fingerprint density at radius 1 is 1.08 bits per heavy atom. The number of nitrogens with one attached hydrogen (secondary N) is 2. The van der Waals surface area contributed by atoms with Gasteiger partial charge < -0.3 is 20.1 Å². The third-order valence-electron chi connectivity index (χ3n) is 3.31. The van der Waals surface area contributed by atoms with Gasteiger partial charge in [-0.3, -0.25) is 4.99 Å². The molecule has 0 aliphatic carbocycles. The van der Waals surface area contributed by atoms with Gasteiger partial charge in [-0.1, -0.05) is 6.07 Å². The van der Waals surface area contributed by atoms with Crippen LogP contribution in [-0.4, -0.2) is 39.9 Å². The Bertz CT molecular complexity index is 534. The average Bonchev–Trinajstić information content (AvgIpc) is 2.55. The van der Waals surface area contributed by atoms with Crippen molar-refractivity contribution in [2.45, 2.75) is 32.0 Å². The number of alkyl halides is 3. The maximum atomic E-state index is 12.1. The Labute approximate surface area is 140 Å². The highest BCUT2D eigenvalue weighted by molar-refractivity contribution is 5.79. The van der Waals surface area contributed by atoms with Gasteiger partial charge in [-0.25, -0.2) is 0 Å². The maximum absolute atomic E-state index is 12.1. The number of unbranched alkanes of at least 4 members (excludes halogenated alkanes) is 1. The van der Waals surface area contributed by atoms with Crippen molar-refractivity contribution in [3.8, 4) is 11.5 Å². The Morgan fingerprint density at radius 3 is 2.38 bits per heavy atom. The first-order valence-corrected chi connectivity index (χ1v) is 7.61. The van der Waals surface area contributed by atoms with Crippen LogP contribution in [0.1, 0.15) is 24.8 Å². The smallest absolute Gasteiger partial charge is 0.389 e. The minimum absolute atomic E-state index is 0.100. The lowest BCUT2D eigenvalue weighted by molar-refractivity contribution is -0.135. The van der Waals surface area contributed by atoms with E-state index in [9.17, 15) is 13.2 Å². The van der Waals surface area contributed by atoms with E-state index < -0.39 is 12.6 Å². The molecule has 136 valence electrons. The highest BCUT2D eigenvalue weighted by Crippen LogP contribution is 2.27. The molecule has 0 heterocycles. The first kappa shape index (κ1) is 19.9. The summed E-state index contributed by atoms with van der Waals surface area (Å²) in [4.78, 5) is 4.04. The van der Waals surface area contributed by atoms with Gasteiger partial charge in [0.2, 0.25) is 0 Å². The highest BCUT2D eigenvalue weighted by atomic mass is 19.4. The molecule has 1 aromatic rings. The van der Waals surface area contributed by atoms with Crippen LogP contribution in [0.2, 0.25) is 0 Å². The summed E-state index contributed by atoms with van der Waals surface area (Å²) in [5, 5.41) is 6.09. The Hall–Kier alpha value is -2.12. The summed E-state index contributed by atoms with van der Waals surface area (Å²) >= 11 is 0. The van der Waals surface area contributed by atoms with E-state index in [0.29, 0.717) is 37.0 Å². The Kier molecular flexibility index (Phi) is 8.21. The van der Waals surface area contributed by atoms with E-state index in [1.807, 2.05) is 18.2 Å². The van der Waals surface area contributed by atoms with E-state index >= 15 is 0 Å². The molecule has 1 rings (SSSR count). The highest BCUT2D eigenvalue weighted by Gasteiger charge is 2.25. The molecule has 0 aliphatic rings. The number of hydrogen-bond acceptors (Lipinski definition) is 3. The number of nitrogens with zero attached hydrogens (tertiary/aromatic N) is 1. The van der Waals surface area contributed by atoms with Gasteiger partial charge in [-0.05, 0) is 30.5 Å². The van der Waals surface area contributed by atoms with E-state index in [1.165, 1.54) is 0 Å². The summed E-state index contributed by atoms with van der Waals surface area (Å²) in [5.74, 6) is 1.82. The lowest BCUT2D eigenvalue weighted by Gasteiger charge is -2.13. The third kappa shape index (κ3) is 7.43. The Balaban J connectivity index is 2.39. The van der Waals surface area contributed by atoms with Gasteiger partial charge in [0.25, 0.3) is 0 Å². The maximum Gasteiger partial charge on any atom is 0.389 e. The summed E-state index contributed by atoms with van der Waals surface area (Å²) in [6.45, 7) is 0.935. The molecule has 0 aliphatic heterocycles. The second kappa shape index (κ2) is 9.89. The molecule has 0 spiro atoms. The predicted octanol–water partition coefficient (Wildman–Crippen LogP) is 3.10. The molecule has 0 aromatic heterocycles. The van der Waals surface area contributed by atoms with E-state index in [1.54, 1.807) is 21.3 Å². The number of halogens is 3. The normalized spacial score (nSPS) is 12.0. The van der Waals surface area contributed by atoms with E-state index in [0.717, 1.165) is 5.56 Å². The number of methoxy groups -OCH3 is 2. The average molecular weight is 347 g/mol. The molecule has 5 nitrogen and oxygen atoms in total. The van der Waals surface area contributed by atoms with Crippen LogP contribution < -0.4 is 20.1 Å². The molecule has 0 atom stereocenters. The number of rotatable bonds is 8. The van der Waals surface area contributed by atoms with Crippen LogP contribution in [0.25, 0.3) is 0 Å². The van der Waals surface area contributed by atoms with Gasteiger partial charge in [-0.15, -0.1) is 0 Å². The minimum atomic E-state index is -4.09. The molecule has 0 bridgehead atoms. The zero-order chi connectivity index (χ0) is 18.0. The zero-order valence-electron chi connectivity index (χ0n) is 14.2. The molecule has 8 heteroatoms. The molecule has 0 unspecified atom stereocenters. The molecular weight excluding hydrogens is 323 g/mol. The SMILES string of the molecule is CN=C(NCCCCC(F)(F)F)NCc1ccc(OC)c(OC)c1. The van der Waals surface area contributed by atoms with E-state index in [4.69, 9.17) is 9.47 Å². The summed E-state index contributed by atoms with van der Waals surface area (Å²) in [6, 6.07) is 5.55. The van der Waals surface area contributed by atoms with Crippen LogP contribution in [-0.2, 0) is 6.54 Å². The van der Waals surface area contributed by atoms with E-state index in [-0.39, 0.29) is 6.42 Å². The fourth-order valence-corrected chi connectivity index (χ4v) is 2.05.